The maximum atomic E-state index is 13.2. The molecule has 4 aromatic carbocycles. The number of carboxylic acids is 1. The van der Waals surface area contributed by atoms with Crippen molar-refractivity contribution in [3.05, 3.63) is 131 Å². The molecule has 40 heavy (non-hydrogen) atoms. The summed E-state index contributed by atoms with van der Waals surface area (Å²) in [4.78, 5) is 24.5. The molecule has 0 radical (unpaired) electrons. The van der Waals surface area contributed by atoms with Crippen molar-refractivity contribution in [2.24, 2.45) is 0 Å². The van der Waals surface area contributed by atoms with Crippen molar-refractivity contribution in [3.63, 3.8) is 0 Å². The third-order valence-electron chi connectivity index (χ3n) is 6.05. The normalized spacial score (nSPS) is 11.9. The second-order valence-corrected chi connectivity index (χ2v) is 8.95. The number of carbonyl (C=O) groups excluding carboxylic acids is 1. The summed E-state index contributed by atoms with van der Waals surface area (Å²) >= 11 is 0. The van der Waals surface area contributed by atoms with E-state index in [4.69, 9.17) is 9.47 Å². The van der Waals surface area contributed by atoms with Gasteiger partial charge in [0.15, 0.2) is 0 Å². The molecule has 0 aliphatic carbocycles. The van der Waals surface area contributed by atoms with Gasteiger partial charge in [0.2, 0.25) is 0 Å². The number of rotatable bonds is 11. The third-order valence-corrected chi connectivity index (χ3v) is 6.05. The monoisotopic (exact) mass is 549 g/mol. The van der Waals surface area contributed by atoms with E-state index in [0.29, 0.717) is 17.9 Å². The zero-order valence-electron chi connectivity index (χ0n) is 21.2. The van der Waals surface area contributed by atoms with Gasteiger partial charge in [-0.15, -0.1) is 0 Å². The van der Waals surface area contributed by atoms with Gasteiger partial charge in [0.05, 0.1) is 5.56 Å². The summed E-state index contributed by atoms with van der Waals surface area (Å²) in [7, 11) is 0. The number of ether oxygens (including phenoxy) is 2. The minimum atomic E-state index is -4.50. The number of amides is 1. The molecule has 4 rings (SSSR count). The van der Waals surface area contributed by atoms with Crippen molar-refractivity contribution in [1.29, 1.82) is 0 Å². The molecule has 0 bridgehead atoms. The van der Waals surface area contributed by atoms with Gasteiger partial charge in [-0.2, -0.15) is 13.2 Å². The van der Waals surface area contributed by atoms with Crippen LogP contribution >= 0.6 is 0 Å². The van der Waals surface area contributed by atoms with Gasteiger partial charge in [-0.1, -0.05) is 60.7 Å². The number of carbonyl (C=O) groups is 2. The number of alkyl halides is 3. The Labute approximate surface area is 229 Å². The quantitative estimate of drug-likeness (QED) is 0.230. The van der Waals surface area contributed by atoms with Gasteiger partial charge in [-0.25, -0.2) is 4.79 Å². The molecule has 2 N–H and O–H groups in total. The highest BCUT2D eigenvalue weighted by molar-refractivity contribution is 5.96. The molecule has 1 amide bonds. The Hall–Kier alpha value is -4.79. The zero-order chi connectivity index (χ0) is 28.5. The summed E-state index contributed by atoms with van der Waals surface area (Å²) in [5.74, 6) is -0.907. The van der Waals surface area contributed by atoms with Crippen LogP contribution in [0.2, 0.25) is 0 Å². The van der Waals surface area contributed by atoms with E-state index in [1.807, 2.05) is 30.3 Å². The predicted octanol–water partition coefficient (Wildman–Crippen LogP) is 6.29. The molecule has 0 saturated heterocycles. The minimum Gasteiger partial charge on any atom is -0.489 e. The van der Waals surface area contributed by atoms with E-state index in [1.54, 1.807) is 24.3 Å². The summed E-state index contributed by atoms with van der Waals surface area (Å²) in [5.41, 5.74) is 1.10. The smallest absolute Gasteiger partial charge is 0.416 e. The van der Waals surface area contributed by atoms with E-state index < -0.39 is 29.7 Å². The van der Waals surface area contributed by atoms with Crippen LogP contribution in [0.1, 0.15) is 32.6 Å². The molecule has 0 aliphatic heterocycles. The van der Waals surface area contributed by atoms with E-state index in [0.717, 1.165) is 11.6 Å². The average molecular weight is 550 g/mol. The molecule has 4 aromatic rings. The van der Waals surface area contributed by atoms with Crippen molar-refractivity contribution in [2.45, 2.75) is 31.9 Å². The van der Waals surface area contributed by atoms with E-state index in [-0.39, 0.29) is 29.9 Å². The summed E-state index contributed by atoms with van der Waals surface area (Å²) < 4.78 is 50.7. The Bertz CT molecular complexity index is 1420. The highest BCUT2D eigenvalue weighted by Gasteiger charge is 2.33. The van der Waals surface area contributed by atoms with Crippen LogP contribution in [0.3, 0.4) is 0 Å². The molecule has 9 heteroatoms. The molecular weight excluding hydrogens is 523 g/mol. The van der Waals surface area contributed by atoms with Crippen LogP contribution in [0.25, 0.3) is 0 Å². The fraction of sp³-hybridized carbons (Fsp3) is 0.161. The zero-order valence-corrected chi connectivity index (χ0v) is 21.2. The highest BCUT2D eigenvalue weighted by atomic mass is 19.4. The average Bonchev–Trinajstić information content (AvgIpc) is 2.95. The van der Waals surface area contributed by atoms with Crippen molar-refractivity contribution >= 4 is 11.9 Å². The number of nitrogens with one attached hydrogen (secondary N) is 1. The first-order valence-corrected chi connectivity index (χ1v) is 12.4. The minimum absolute atomic E-state index is 0.0168. The van der Waals surface area contributed by atoms with Gasteiger partial charge in [0.1, 0.15) is 30.8 Å². The maximum Gasteiger partial charge on any atom is 0.416 e. The number of aliphatic carboxylic acids is 1. The van der Waals surface area contributed by atoms with Crippen LogP contribution < -0.4 is 14.8 Å². The molecule has 1 atom stereocenters. The van der Waals surface area contributed by atoms with E-state index in [9.17, 15) is 27.9 Å². The van der Waals surface area contributed by atoms with Gasteiger partial charge in [0.25, 0.3) is 5.91 Å². The predicted molar refractivity (Wildman–Crippen MR) is 142 cm³/mol. The largest absolute Gasteiger partial charge is 0.489 e. The number of carboxylic acid groups (broad SMARTS) is 1. The number of hydrogen-bond acceptors (Lipinski definition) is 4. The Kier molecular flexibility index (Phi) is 9.06. The van der Waals surface area contributed by atoms with Crippen LogP contribution in [-0.2, 0) is 30.6 Å². The number of halogens is 3. The fourth-order valence-corrected chi connectivity index (χ4v) is 3.93. The first kappa shape index (κ1) is 28.2. The molecular formula is C31H26F3NO5. The van der Waals surface area contributed by atoms with Crippen LogP contribution in [0.5, 0.6) is 11.5 Å². The molecule has 0 unspecified atom stereocenters. The summed E-state index contributed by atoms with van der Waals surface area (Å²) in [5, 5.41) is 12.2. The topological polar surface area (TPSA) is 84.9 Å². The standard InChI is InChI=1S/C31H26F3NO5/c32-31(33,34)27-9-5-4-8-24(27)20-40-26-16-12-23(13-17-26)29(36)35-28(30(37)38)18-21-10-14-25(15-11-21)39-19-22-6-2-1-3-7-22/h1-17,28H,18-20H2,(H,35,36)(H,37,38)/t28-/m0/s1. The van der Waals surface area contributed by atoms with Gasteiger partial charge >= 0.3 is 12.1 Å². The SMILES string of the molecule is O=C(N[C@@H](Cc1ccc(OCc2ccccc2)cc1)C(=O)O)c1ccc(OCc2ccccc2C(F)(F)F)cc1. The molecule has 0 spiro atoms. The summed E-state index contributed by atoms with van der Waals surface area (Å²) in [6.07, 6.45) is -4.44. The van der Waals surface area contributed by atoms with Crippen LogP contribution in [0.15, 0.2) is 103 Å². The van der Waals surface area contributed by atoms with Crippen molar-refractivity contribution in [2.75, 3.05) is 0 Å². The summed E-state index contributed by atoms with van der Waals surface area (Å²) in [6.45, 7) is 0.0943. The fourth-order valence-electron chi connectivity index (χ4n) is 3.93. The Balaban J connectivity index is 1.32. The first-order valence-electron chi connectivity index (χ1n) is 12.4. The van der Waals surface area contributed by atoms with Crippen LogP contribution in [0, 0.1) is 0 Å². The van der Waals surface area contributed by atoms with Crippen LogP contribution in [0.4, 0.5) is 13.2 Å². The second-order valence-electron chi connectivity index (χ2n) is 8.95. The Morgan fingerprint density at radius 3 is 1.93 bits per heavy atom. The van der Waals surface area contributed by atoms with Gasteiger partial charge in [-0.05, 0) is 53.6 Å². The third kappa shape index (κ3) is 7.86. The maximum absolute atomic E-state index is 13.2. The Morgan fingerprint density at radius 1 is 0.725 bits per heavy atom. The summed E-state index contributed by atoms with van der Waals surface area (Å²) in [6, 6.07) is 26.3. The van der Waals surface area contributed by atoms with Gasteiger partial charge in [0, 0.05) is 17.5 Å². The molecule has 0 aliphatic rings. The van der Waals surface area contributed by atoms with Crippen molar-refractivity contribution < 1.29 is 37.3 Å². The Morgan fingerprint density at radius 2 is 1.30 bits per heavy atom. The number of benzene rings is 4. The van der Waals surface area contributed by atoms with Crippen molar-refractivity contribution in [1.82, 2.24) is 5.32 Å². The molecule has 0 saturated carbocycles. The second kappa shape index (κ2) is 12.8. The lowest BCUT2D eigenvalue weighted by Crippen LogP contribution is -2.42. The number of hydrogen-bond donors (Lipinski definition) is 2. The molecule has 0 aromatic heterocycles. The lowest BCUT2D eigenvalue weighted by molar-refractivity contribution is -0.139. The van der Waals surface area contributed by atoms with E-state index >= 15 is 0 Å². The van der Waals surface area contributed by atoms with E-state index in [1.165, 1.54) is 42.5 Å². The van der Waals surface area contributed by atoms with Gasteiger partial charge < -0.3 is 19.9 Å². The molecule has 0 heterocycles. The van der Waals surface area contributed by atoms with E-state index in [2.05, 4.69) is 5.32 Å². The molecule has 0 fully saturated rings. The lowest BCUT2D eigenvalue weighted by Gasteiger charge is -2.16. The molecule has 206 valence electrons. The van der Waals surface area contributed by atoms with Crippen molar-refractivity contribution in [3.8, 4) is 11.5 Å². The van der Waals surface area contributed by atoms with Gasteiger partial charge in [-0.3, -0.25) is 4.79 Å². The molecule has 6 nitrogen and oxygen atoms in total. The lowest BCUT2D eigenvalue weighted by atomic mass is 10.1. The van der Waals surface area contributed by atoms with Crippen LogP contribution in [-0.4, -0.2) is 23.0 Å². The highest BCUT2D eigenvalue weighted by Crippen LogP contribution is 2.32. The first-order chi connectivity index (χ1) is 19.2.